The van der Waals surface area contributed by atoms with E-state index in [1.165, 1.54) is 12.1 Å². The van der Waals surface area contributed by atoms with Crippen LogP contribution in [0.2, 0.25) is 0 Å². The van der Waals surface area contributed by atoms with Gasteiger partial charge in [-0.05, 0) is 12.0 Å². The molecule has 1 aromatic rings. The second-order valence-corrected chi connectivity index (χ2v) is 2.87. The summed E-state index contributed by atoms with van der Waals surface area (Å²) in [5.41, 5.74) is 6.66. The summed E-state index contributed by atoms with van der Waals surface area (Å²) < 4.78 is 0. The molecule has 1 aromatic carbocycles. The van der Waals surface area contributed by atoms with E-state index in [9.17, 15) is 10.1 Å². The van der Waals surface area contributed by atoms with E-state index >= 15 is 0 Å². The number of rotatable bonds is 3. The van der Waals surface area contributed by atoms with Crippen molar-refractivity contribution in [1.29, 1.82) is 0 Å². The molecule has 0 aliphatic carbocycles. The lowest BCUT2D eigenvalue weighted by Crippen LogP contribution is -2.08. The number of hydrogen-bond donors (Lipinski definition) is 1. The fourth-order valence-corrected chi connectivity index (χ4v) is 1.10. The van der Waals surface area contributed by atoms with Crippen LogP contribution in [0.25, 0.3) is 0 Å². The second-order valence-electron chi connectivity index (χ2n) is 2.87. The Labute approximate surface area is 88.7 Å². The maximum atomic E-state index is 10.4. The highest BCUT2D eigenvalue weighted by molar-refractivity contribution is 5.85. The zero-order valence-electron chi connectivity index (χ0n) is 7.84. The van der Waals surface area contributed by atoms with Gasteiger partial charge in [0.2, 0.25) is 0 Å². The zero-order chi connectivity index (χ0) is 9.84. The minimum Gasteiger partial charge on any atom is -0.324 e. The summed E-state index contributed by atoms with van der Waals surface area (Å²) in [6, 6.07) is 6.34. The van der Waals surface area contributed by atoms with Gasteiger partial charge in [0, 0.05) is 18.2 Å². The molecular formula is C9H13ClN2O2. The molecule has 0 amide bonds. The van der Waals surface area contributed by atoms with Crippen molar-refractivity contribution in [3.8, 4) is 0 Å². The Morgan fingerprint density at radius 2 is 2.21 bits per heavy atom. The van der Waals surface area contributed by atoms with Crippen molar-refractivity contribution in [2.45, 2.75) is 19.4 Å². The van der Waals surface area contributed by atoms with Gasteiger partial charge in [-0.25, -0.2) is 0 Å². The van der Waals surface area contributed by atoms with Crippen LogP contribution in [-0.4, -0.2) is 4.92 Å². The fraction of sp³-hybridized carbons (Fsp3) is 0.333. The molecule has 1 rings (SSSR count). The highest BCUT2D eigenvalue weighted by atomic mass is 35.5. The smallest absolute Gasteiger partial charge is 0.269 e. The standard InChI is InChI=1S/C9H12N2O2.ClH/c1-2-9(10)7-4-3-5-8(6-7)11(12)13;/h3-6,9H,2,10H2,1H3;1H. The summed E-state index contributed by atoms with van der Waals surface area (Å²) >= 11 is 0. The van der Waals surface area contributed by atoms with E-state index in [1.54, 1.807) is 12.1 Å². The van der Waals surface area contributed by atoms with Crippen molar-refractivity contribution in [2.75, 3.05) is 0 Å². The van der Waals surface area contributed by atoms with Gasteiger partial charge in [0.1, 0.15) is 0 Å². The van der Waals surface area contributed by atoms with Gasteiger partial charge in [0.15, 0.2) is 0 Å². The van der Waals surface area contributed by atoms with Crippen molar-refractivity contribution in [3.05, 3.63) is 39.9 Å². The first-order valence-corrected chi connectivity index (χ1v) is 4.15. The van der Waals surface area contributed by atoms with Crippen molar-refractivity contribution >= 4 is 18.1 Å². The molecule has 0 aliphatic rings. The number of nitro benzene ring substituents is 1. The third-order valence-corrected chi connectivity index (χ3v) is 1.95. The highest BCUT2D eigenvalue weighted by Crippen LogP contribution is 2.19. The van der Waals surface area contributed by atoms with Crippen molar-refractivity contribution < 1.29 is 4.92 Å². The number of nitrogens with two attached hydrogens (primary N) is 1. The summed E-state index contributed by atoms with van der Waals surface area (Å²) in [4.78, 5) is 10.0. The molecule has 0 saturated carbocycles. The fourth-order valence-electron chi connectivity index (χ4n) is 1.10. The molecule has 14 heavy (non-hydrogen) atoms. The summed E-state index contributed by atoms with van der Waals surface area (Å²) in [5, 5.41) is 10.4. The van der Waals surface area contributed by atoms with E-state index in [2.05, 4.69) is 0 Å². The quantitative estimate of drug-likeness (QED) is 0.623. The average molecular weight is 217 g/mol. The lowest BCUT2D eigenvalue weighted by Gasteiger charge is -2.07. The number of halogens is 1. The van der Waals surface area contributed by atoms with E-state index in [1.807, 2.05) is 6.92 Å². The summed E-state index contributed by atoms with van der Waals surface area (Å²) in [5.74, 6) is 0. The molecule has 0 aliphatic heterocycles. The first-order chi connectivity index (χ1) is 6.15. The highest BCUT2D eigenvalue weighted by Gasteiger charge is 2.08. The molecule has 0 aromatic heterocycles. The van der Waals surface area contributed by atoms with E-state index in [-0.39, 0.29) is 24.1 Å². The maximum Gasteiger partial charge on any atom is 0.269 e. The molecule has 5 heteroatoms. The minimum atomic E-state index is -0.411. The van der Waals surface area contributed by atoms with Crippen LogP contribution in [0, 0.1) is 10.1 Å². The third-order valence-electron chi connectivity index (χ3n) is 1.95. The Hall–Kier alpha value is -1.13. The van der Waals surface area contributed by atoms with Gasteiger partial charge in [0.25, 0.3) is 5.69 Å². The molecule has 0 spiro atoms. The Morgan fingerprint density at radius 1 is 1.57 bits per heavy atom. The Bertz CT molecular complexity index is 317. The Kier molecular flexibility index (Phi) is 5.12. The Morgan fingerprint density at radius 3 is 2.71 bits per heavy atom. The van der Waals surface area contributed by atoms with Gasteiger partial charge in [0.05, 0.1) is 4.92 Å². The molecule has 4 nitrogen and oxygen atoms in total. The molecule has 0 saturated heterocycles. The largest absolute Gasteiger partial charge is 0.324 e. The predicted octanol–water partition coefficient (Wildman–Crippen LogP) is 2.43. The number of hydrogen-bond acceptors (Lipinski definition) is 3. The summed E-state index contributed by atoms with van der Waals surface area (Å²) in [6.07, 6.45) is 0.779. The molecule has 0 fully saturated rings. The van der Waals surface area contributed by atoms with Gasteiger partial charge >= 0.3 is 0 Å². The number of non-ortho nitro benzene ring substituents is 1. The van der Waals surface area contributed by atoms with E-state index in [0.29, 0.717) is 0 Å². The van der Waals surface area contributed by atoms with E-state index in [0.717, 1.165) is 12.0 Å². The van der Waals surface area contributed by atoms with Gasteiger partial charge in [-0.3, -0.25) is 10.1 Å². The molecule has 0 heterocycles. The number of benzene rings is 1. The lowest BCUT2D eigenvalue weighted by molar-refractivity contribution is -0.384. The SMILES string of the molecule is CCC(N)c1cccc([N+](=O)[O-])c1.Cl. The average Bonchev–Trinajstić information content (AvgIpc) is 2.17. The van der Waals surface area contributed by atoms with Gasteiger partial charge in [-0.1, -0.05) is 19.1 Å². The van der Waals surface area contributed by atoms with Crippen LogP contribution in [0.3, 0.4) is 0 Å². The zero-order valence-corrected chi connectivity index (χ0v) is 8.66. The molecule has 78 valence electrons. The first-order valence-electron chi connectivity index (χ1n) is 4.15. The van der Waals surface area contributed by atoms with Gasteiger partial charge in [-0.15, -0.1) is 12.4 Å². The van der Waals surface area contributed by atoms with Crippen molar-refractivity contribution in [3.63, 3.8) is 0 Å². The molecule has 1 atom stereocenters. The molecular weight excluding hydrogens is 204 g/mol. The van der Waals surface area contributed by atoms with Crippen LogP contribution < -0.4 is 5.73 Å². The van der Waals surface area contributed by atoms with Crippen molar-refractivity contribution in [1.82, 2.24) is 0 Å². The predicted molar refractivity (Wildman–Crippen MR) is 57.6 cm³/mol. The Balaban J connectivity index is 0.00000169. The lowest BCUT2D eigenvalue weighted by atomic mass is 10.1. The van der Waals surface area contributed by atoms with E-state index < -0.39 is 4.92 Å². The second kappa shape index (κ2) is 5.57. The first kappa shape index (κ1) is 12.9. The van der Waals surface area contributed by atoms with Crippen LogP contribution in [0.5, 0.6) is 0 Å². The topological polar surface area (TPSA) is 69.2 Å². The van der Waals surface area contributed by atoms with Crippen molar-refractivity contribution in [2.24, 2.45) is 5.73 Å². The monoisotopic (exact) mass is 216 g/mol. The number of nitrogens with zero attached hydrogens (tertiary/aromatic N) is 1. The molecule has 2 N–H and O–H groups in total. The minimum absolute atomic E-state index is 0. The van der Waals surface area contributed by atoms with Crippen LogP contribution >= 0.6 is 12.4 Å². The number of nitro groups is 1. The normalized spacial score (nSPS) is 11.6. The van der Waals surface area contributed by atoms with Gasteiger partial charge < -0.3 is 5.73 Å². The van der Waals surface area contributed by atoms with Crippen LogP contribution in [0.4, 0.5) is 5.69 Å². The third kappa shape index (κ3) is 2.97. The van der Waals surface area contributed by atoms with Gasteiger partial charge in [-0.2, -0.15) is 0 Å². The van der Waals surface area contributed by atoms with E-state index in [4.69, 9.17) is 5.73 Å². The maximum absolute atomic E-state index is 10.4. The molecule has 0 radical (unpaired) electrons. The summed E-state index contributed by atoms with van der Waals surface area (Å²) in [7, 11) is 0. The molecule has 0 bridgehead atoms. The van der Waals surface area contributed by atoms with Crippen LogP contribution in [-0.2, 0) is 0 Å². The summed E-state index contributed by atoms with van der Waals surface area (Å²) in [6.45, 7) is 1.95. The molecule has 1 unspecified atom stereocenters. The van der Waals surface area contributed by atoms with Crippen LogP contribution in [0.15, 0.2) is 24.3 Å². The van der Waals surface area contributed by atoms with Crippen LogP contribution in [0.1, 0.15) is 24.9 Å².